The van der Waals surface area contributed by atoms with Gasteiger partial charge in [0.15, 0.2) is 5.60 Å². The Bertz CT molecular complexity index is 527. The van der Waals surface area contributed by atoms with Gasteiger partial charge in [0.1, 0.15) is 5.82 Å². The van der Waals surface area contributed by atoms with Gasteiger partial charge >= 0.3 is 0 Å². The van der Waals surface area contributed by atoms with Crippen molar-refractivity contribution < 1.29 is 14.3 Å². The van der Waals surface area contributed by atoms with E-state index < -0.39 is 5.60 Å². The SMILES string of the molecule is C#CC1(O)CN(C(=O)c2ccc(CC)c(F)c2)C1. The quantitative estimate of drug-likeness (QED) is 0.798. The van der Waals surface area contributed by atoms with E-state index in [4.69, 9.17) is 6.42 Å². The van der Waals surface area contributed by atoms with Crippen LogP contribution >= 0.6 is 0 Å². The second-order valence-corrected chi connectivity index (χ2v) is 4.50. The number of β-amino-alcohol motifs (C(OH)–C–C–N with tert-alkyl or cyclic N) is 1. The van der Waals surface area contributed by atoms with Crippen molar-refractivity contribution in [2.24, 2.45) is 0 Å². The molecular weight excluding hydrogens is 233 g/mol. The highest BCUT2D eigenvalue weighted by Crippen LogP contribution is 2.23. The number of benzene rings is 1. The average Bonchev–Trinajstić information content (AvgIpc) is 2.34. The van der Waals surface area contributed by atoms with Gasteiger partial charge in [-0.3, -0.25) is 4.79 Å². The number of hydrogen-bond acceptors (Lipinski definition) is 2. The van der Waals surface area contributed by atoms with E-state index in [0.29, 0.717) is 12.0 Å². The Morgan fingerprint density at radius 2 is 2.28 bits per heavy atom. The molecule has 1 heterocycles. The van der Waals surface area contributed by atoms with E-state index in [-0.39, 0.29) is 30.4 Å². The van der Waals surface area contributed by atoms with E-state index in [1.807, 2.05) is 6.92 Å². The molecule has 2 rings (SSSR count). The lowest BCUT2D eigenvalue weighted by Gasteiger charge is -2.43. The van der Waals surface area contributed by atoms with Crippen LogP contribution in [0.25, 0.3) is 0 Å². The number of carbonyl (C=O) groups excluding carboxylic acids is 1. The van der Waals surface area contributed by atoms with Crippen LogP contribution < -0.4 is 0 Å². The van der Waals surface area contributed by atoms with Crippen LogP contribution in [0, 0.1) is 18.2 Å². The van der Waals surface area contributed by atoms with Crippen molar-refractivity contribution in [3.05, 3.63) is 35.1 Å². The molecule has 94 valence electrons. The predicted molar refractivity (Wildman–Crippen MR) is 65.5 cm³/mol. The summed E-state index contributed by atoms with van der Waals surface area (Å²) in [4.78, 5) is 13.4. The Morgan fingerprint density at radius 3 is 2.78 bits per heavy atom. The minimum absolute atomic E-state index is 0.0967. The van der Waals surface area contributed by atoms with Crippen LogP contribution in [-0.4, -0.2) is 34.6 Å². The Labute approximate surface area is 105 Å². The molecule has 0 aliphatic carbocycles. The summed E-state index contributed by atoms with van der Waals surface area (Å²) in [5, 5.41) is 9.62. The van der Waals surface area contributed by atoms with Gasteiger partial charge in [0.25, 0.3) is 5.91 Å². The minimum atomic E-state index is -1.22. The maximum absolute atomic E-state index is 13.6. The predicted octanol–water partition coefficient (Wildman–Crippen LogP) is 1.21. The first kappa shape index (κ1) is 12.6. The largest absolute Gasteiger partial charge is 0.374 e. The van der Waals surface area contributed by atoms with E-state index in [2.05, 4.69) is 5.92 Å². The summed E-state index contributed by atoms with van der Waals surface area (Å²) in [6.45, 7) is 2.04. The maximum atomic E-state index is 13.6. The first-order chi connectivity index (χ1) is 8.49. The molecule has 1 aliphatic heterocycles. The Morgan fingerprint density at radius 1 is 1.61 bits per heavy atom. The summed E-state index contributed by atoms with van der Waals surface area (Å²) in [5.74, 6) is 1.54. The standard InChI is InChI=1S/C14H14FNO2/c1-3-10-5-6-11(7-12(10)15)13(17)16-8-14(18,4-2)9-16/h2,5-7,18H,3,8-9H2,1H3. The number of terminal acetylenes is 1. The van der Waals surface area contributed by atoms with Gasteiger partial charge in [-0.05, 0) is 24.1 Å². The molecule has 0 radical (unpaired) electrons. The highest BCUT2D eigenvalue weighted by atomic mass is 19.1. The minimum Gasteiger partial charge on any atom is -0.374 e. The van der Waals surface area contributed by atoms with Gasteiger partial charge in [0.05, 0.1) is 13.1 Å². The van der Waals surface area contributed by atoms with E-state index >= 15 is 0 Å². The molecule has 1 aliphatic rings. The highest BCUT2D eigenvalue weighted by molar-refractivity contribution is 5.95. The van der Waals surface area contributed by atoms with Gasteiger partial charge in [-0.15, -0.1) is 6.42 Å². The molecule has 0 bridgehead atoms. The first-order valence-corrected chi connectivity index (χ1v) is 5.77. The number of halogens is 1. The summed E-state index contributed by atoms with van der Waals surface area (Å²) in [6.07, 6.45) is 5.72. The Balaban J connectivity index is 2.12. The first-order valence-electron chi connectivity index (χ1n) is 5.77. The van der Waals surface area contributed by atoms with Crippen LogP contribution in [0.4, 0.5) is 4.39 Å². The summed E-state index contributed by atoms with van der Waals surface area (Å²) in [7, 11) is 0. The third-order valence-electron chi connectivity index (χ3n) is 3.14. The normalized spacial score (nSPS) is 16.9. The number of rotatable bonds is 2. The fourth-order valence-electron chi connectivity index (χ4n) is 1.97. The van der Waals surface area contributed by atoms with Crippen molar-refractivity contribution in [3.63, 3.8) is 0 Å². The van der Waals surface area contributed by atoms with Crippen LogP contribution in [0.1, 0.15) is 22.8 Å². The van der Waals surface area contributed by atoms with Crippen LogP contribution in [0.3, 0.4) is 0 Å². The molecule has 1 fully saturated rings. The molecule has 0 spiro atoms. The van der Waals surface area contributed by atoms with Crippen LogP contribution in [0.2, 0.25) is 0 Å². The van der Waals surface area contributed by atoms with E-state index in [1.165, 1.54) is 11.0 Å². The van der Waals surface area contributed by atoms with Gasteiger partial charge in [0.2, 0.25) is 0 Å². The smallest absolute Gasteiger partial charge is 0.254 e. The van der Waals surface area contributed by atoms with Crippen molar-refractivity contribution in [1.82, 2.24) is 4.90 Å². The molecule has 0 atom stereocenters. The zero-order valence-electron chi connectivity index (χ0n) is 10.1. The number of likely N-dealkylation sites (tertiary alicyclic amines) is 1. The molecule has 18 heavy (non-hydrogen) atoms. The molecule has 4 heteroatoms. The van der Waals surface area contributed by atoms with Crippen LogP contribution in [0.15, 0.2) is 18.2 Å². The average molecular weight is 247 g/mol. The third-order valence-corrected chi connectivity index (χ3v) is 3.14. The third kappa shape index (κ3) is 2.09. The zero-order valence-corrected chi connectivity index (χ0v) is 10.1. The number of hydrogen-bond donors (Lipinski definition) is 1. The molecule has 3 nitrogen and oxygen atoms in total. The number of aryl methyl sites for hydroxylation is 1. The van der Waals surface area contributed by atoms with Crippen molar-refractivity contribution in [3.8, 4) is 12.3 Å². The lowest BCUT2D eigenvalue weighted by Crippen LogP contribution is -2.62. The zero-order chi connectivity index (χ0) is 13.3. The lowest BCUT2D eigenvalue weighted by atomic mass is 9.94. The second-order valence-electron chi connectivity index (χ2n) is 4.50. The van der Waals surface area contributed by atoms with Gasteiger partial charge in [-0.2, -0.15) is 0 Å². The maximum Gasteiger partial charge on any atom is 0.254 e. The lowest BCUT2D eigenvalue weighted by molar-refractivity contribution is -0.0387. The summed E-state index contributed by atoms with van der Waals surface area (Å²) in [6, 6.07) is 4.43. The van der Waals surface area contributed by atoms with E-state index in [9.17, 15) is 14.3 Å². The molecular formula is C14H14FNO2. The van der Waals surface area contributed by atoms with Crippen molar-refractivity contribution in [2.75, 3.05) is 13.1 Å². The fraction of sp³-hybridized carbons (Fsp3) is 0.357. The van der Waals surface area contributed by atoms with Crippen LogP contribution in [0.5, 0.6) is 0 Å². The van der Waals surface area contributed by atoms with Crippen molar-refractivity contribution in [1.29, 1.82) is 0 Å². The number of carbonyl (C=O) groups is 1. The second kappa shape index (κ2) is 4.43. The Hall–Kier alpha value is -1.86. The molecule has 1 saturated heterocycles. The van der Waals surface area contributed by atoms with Gasteiger partial charge in [0, 0.05) is 5.56 Å². The molecule has 1 amide bonds. The number of amides is 1. The monoisotopic (exact) mass is 247 g/mol. The summed E-state index contributed by atoms with van der Waals surface area (Å²) in [5.41, 5.74) is -0.364. The van der Waals surface area contributed by atoms with Crippen LogP contribution in [-0.2, 0) is 6.42 Å². The summed E-state index contributed by atoms with van der Waals surface area (Å²) < 4.78 is 13.6. The fourth-order valence-corrected chi connectivity index (χ4v) is 1.97. The van der Waals surface area contributed by atoms with Gasteiger partial charge < -0.3 is 10.0 Å². The van der Waals surface area contributed by atoms with E-state index in [0.717, 1.165) is 0 Å². The van der Waals surface area contributed by atoms with Gasteiger partial charge in [-0.1, -0.05) is 18.9 Å². The summed E-state index contributed by atoms with van der Waals surface area (Å²) >= 11 is 0. The van der Waals surface area contributed by atoms with Crippen molar-refractivity contribution in [2.45, 2.75) is 18.9 Å². The molecule has 1 N–H and O–H groups in total. The molecule has 1 aromatic carbocycles. The topological polar surface area (TPSA) is 40.5 Å². The molecule has 0 unspecified atom stereocenters. The molecule has 0 aromatic heterocycles. The number of nitrogens with zero attached hydrogens (tertiary/aromatic N) is 1. The van der Waals surface area contributed by atoms with Crippen molar-refractivity contribution >= 4 is 5.91 Å². The highest BCUT2D eigenvalue weighted by Gasteiger charge is 2.42. The van der Waals surface area contributed by atoms with E-state index in [1.54, 1.807) is 12.1 Å². The molecule has 1 aromatic rings. The van der Waals surface area contributed by atoms with Gasteiger partial charge in [-0.25, -0.2) is 4.39 Å². The Kier molecular flexibility index (Phi) is 3.10. The number of aliphatic hydroxyl groups is 1. The molecule has 0 saturated carbocycles.